The summed E-state index contributed by atoms with van der Waals surface area (Å²) in [6, 6.07) is 23.2. The first-order valence-electron chi connectivity index (χ1n) is 12.9. The van der Waals surface area contributed by atoms with Crippen LogP contribution in [0.5, 0.6) is 17.2 Å². The largest absolute Gasteiger partial charge is 0.496 e. The fourth-order valence-corrected chi connectivity index (χ4v) is 4.36. The highest BCUT2D eigenvalue weighted by Gasteiger charge is 2.32. The minimum Gasteiger partial charge on any atom is -0.496 e. The van der Waals surface area contributed by atoms with Crippen LogP contribution in [0.3, 0.4) is 0 Å². The zero-order valence-electron chi connectivity index (χ0n) is 22.5. The summed E-state index contributed by atoms with van der Waals surface area (Å²) in [4.78, 5) is 7.07. The number of nitrogens with one attached hydrogen (secondary N) is 2. The van der Waals surface area contributed by atoms with Crippen molar-refractivity contribution in [2.75, 3.05) is 45.8 Å². The molecule has 1 aliphatic heterocycles. The van der Waals surface area contributed by atoms with E-state index in [0.717, 1.165) is 53.5 Å². The Balaban J connectivity index is 1.62. The van der Waals surface area contributed by atoms with Crippen LogP contribution in [0.2, 0.25) is 0 Å². The molecule has 0 saturated carbocycles. The number of rotatable bonds is 12. The number of methoxy groups -OCH3 is 2. The van der Waals surface area contributed by atoms with Gasteiger partial charge in [-0.05, 0) is 55.6 Å². The predicted octanol–water partition coefficient (Wildman–Crippen LogP) is 4.65. The van der Waals surface area contributed by atoms with E-state index in [9.17, 15) is 0 Å². The standard InChI is InChI=1S/C30H37N5O3/c1-5-35(6-2)19-20-38-23-17-15-22(16-18-23)30(31)32-21-25(24-11-7-9-13-27(24)36-3)29(34-30)33-26-12-8-10-14-28(26)37-4/h7-18,21,33-34H,5-6,19-20,31H2,1-4H3. The second kappa shape index (κ2) is 12.5. The van der Waals surface area contributed by atoms with Gasteiger partial charge in [0.1, 0.15) is 29.7 Å². The van der Waals surface area contributed by atoms with Gasteiger partial charge < -0.3 is 29.7 Å². The number of nitrogens with zero attached hydrogens (tertiary/aromatic N) is 2. The van der Waals surface area contributed by atoms with Crippen molar-refractivity contribution in [1.29, 1.82) is 0 Å². The maximum absolute atomic E-state index is 6.84. The van der Waals surface area contributed by atoms with Crippen LogP contribution in [0, 0.1) is 0 Å². The van der Waals surface area contributed by atoms with Crippen molar-refractivity contribution in [3.8, 4) is 17.2 Å². The number of nitrogens with two attached hydrogens (primary N) is 1. The monoisotopic (exact) mass is 515 g/mol. The molecule has 4 N–H and O–H groups in total. The van der Waals surface area contributed by atoms with Crippen LogP contribution < -0.4 is 30.6 Å². The molecule has 0 bridgehead atoms. The van der Waals surface area contributed by atoms with E-state index >= 15 is 0 Å². The van der Waals surface area contributed by atoms with Gasteiger partial charge in [-0.25, -0.2) is 4.99 Å². The van der Waals surface area contributed by atoms with Gasteiger partial charge in [-0.2, -0.15) is 0 Å². The summed E-state index contributed by atoms with van der Waals surface area (Å²) in [6.07, 6.45) is 1.78. The zero-order valence-corrected chi connectivity index (χ0v) is 22.5. The molecule has 8 heteroatoms. The number of ether oxygens (including phenoxy) is 3. The first kappa shape index (κ1) is 27.0. The van der Waals surface area contributed by atoms with Crippen LogP contribution in [0.15, 0.2) is 83.6 Å². The molecule has 1 atom stereocenters. The van der Waals surface area contributed by atoms with Crippen LogP contribution in [0.1, 0.15) is 25.0 Å². The quantitative estimate of drug-likeness (QED) is 0.323. The third-order valence-electron chi connectivity index (χ3n) is 6.61. The van der Waals surface area contributed by atoms with Crippen LogP contribution >= 0.6 is 0 Å². The van der Waals surface area contributed by atoms with E-state index < -0.39 is 5.79 Å². The van der Waals surface area contributed by atoms with E-state index in [1.807, 2.05) is 72.8 Å². The first-order chi connectivity index (χ1) is 18.5. The SMILES string of the molecule is CCN(CC)CCOc1ccc(C2(N)N=CC(c3ccccc3OC)=C(Nc3ccccc3OC)N2)cc1. The molecule has 0 saturated heterocycles. The molecule has 0 aliphatic carbocycles. The minimum atomic E-state index is -1.20. The van der Waals surface area contributed by atoms with Crippen LogP contribution in [-0.2, 0) is 5.79 Å². The summed E-state index contributed by atoms with van der Waals surface area (Å²) in [5.74, 6) is 1.71. The van der Waals surface area contributed by atoms with Gasteiger partial charge in [0.2, 0.25) is 5.79 Å². The molecule has 1 unspecified atom stereocenters. The lowest BCUT2D eigenvalue weighted by Gasteiger charge is -2.34. The van der Waals surface area contributed by atoms with Crippen molar-refractivity contribution in [2.45, 2.75) is 19.6 Å². The lowest BCUT2D eigenvalue weighted by molar-refractivity contribution is 0.222. The fraction of sp³-hybridized carbons (Fsp3) is 0.300. The van der Waals surface area contributed by atoms with Crippen molar-refractivity contribution in [3.63, 3.8) is 0 Å². The average molecular weight is 516 g/mol. The number of allylic oxidation sites excluding steroid dienone is 1. The highest BCUT2D eigenvalue weighted by atomic mass is 16.5. The Bertz CT molecular complexity index is 1270. The summed E-state index contributed by atoms with van der Waals surface area (Å²) < 4.78 is 17.1. The third-order valence-corrected chi connectivity index (χ3v) is 6.61. The van der Waals surface area contributed by atoms with Gasteiger partial charge in [0, 0.05) is 29.5 Å². The molecular weight excluding hydrogens is 478 g/mol. The molecule has 1 aliphatic rings. The highest BCUT2D eigenvalue weighted by molar-refractivity contribution is 6.13. The molecule has 1 heterocycles. The van der Waals surface area contributed by atoms with Gasteiger partial charge in [0.15, 0.2) is 0 Å². The average Bonchev–Trinajstić information content (AvgIpc) is 2.96. The Hall–Kier alpha value is -4.01. The Kier molecular flexibility index (Phi) is 8.89. The Morgan fingerprint density at radius 2 is 1.55 bits per heavy atom. The third kappa shape index (κ3) is 6.10. The van der Waals surface area contributed by atoms with E-state index in [4.69, 9.17) is 24.9 Å². The molecule has 3 aromatic rings. The van der Waals surface area contributed by atoms with Crippen molar-refractivity contribution in [3.05, 3.63) is 89.7 Å². The number of para-hydroxylation sites is 3. The van der Waals surface area contributed by atoms with Crippen LogP contribution in [0.25, 0.3) is 5.57 Å². The van der Waals surface area contributed by atoms with Gasteiger partial charge in [0.25, 0.3) is 0 Å². The molecule has 0 spiro atoms. The number of hydrogen-bond donors (Lipinski definition) is 3. The normalized spacial score (nSPS) is 16.8. The Morgan fingerprint density at radius 1 is 0.895 bits per heavy atom. The van der Waals surface area contributed by atoms with Crippen molar-refractivity contribution in [2.24, 2.45) is 10.7 Å². The first-order valence-corrected chi connectivity index (χ1v) is 12.9. The lowest BCUT2D eigenvalue weighted by Crippen LogP contribution is -2.51. The molecule has 38 heavy (non-hydrogen) atoms. The second-order valence-electron chi connectivity index (χ2n) is 8.86. The summed E-state index contributed by atoms with van der Waals surface area (Å²) in [6.45, 7) is 7.84. The molecule has 8 nitrogen and oxygen atoms in total. The van der Waals surface area contributed by atoms with Gasteiger partial charge in [-0.15, -0.1) is 0 Å². The number of likely N-dealkylation sites (N-methyl/N-ethyl adjacent to an activating group) is 1. The number of aliphatic imine (C=N–C) groups is 1. The summed E-state index contributed by atoms with van der Waals surface area (Å²) in [5.41, 5.74) is 10.1. The topological polar surface area (TPSA) is 93.4 Å². The van der Waals surface area contributed by atoms with E-state index in [1.54, 1.807) is 20.4 Å². The lowest BCUT2D eigenvalue weighted by atomic mass is 10.0. The molecule has 3 aromatic carbocycles. The molecular formula is C30H37N5O3. The molecule has 0 amide bonds. The van der Waals surface area contributed by atoms with E-state index in [-0.39, 0.29) is 0 Å². The van der Waals surface area contributed by atoms with E-state index in [2.05, 4.69) is 29.4 Å². The van der Waals surface area contributed by atoms with Crippen LogP contribution in [0.4, 0.5) is 5.69 Å². The summed E-state index contributed by atoms with van der Waals surface area (Å²) in [7, 11) is 3.30. The maximum Gasteiger partial charge on any atom is 0.210 e. The highest BCUT2D eigenvalue weighted by Crippen LogP contribution is 2.34. The summed E-state index contributed by atoms with van der Waals surface area (Å²) in [5, 5.41) is 6.90. The van der Waals surface area contributed by atoms with Gasteiger partial charge >= 0.3 is 0 Å². The van der Waals surface area contributed by atoms with Crippen LogP contribution in [-0.4, -0.2) is 51.6 Å². The zero-order chi connectivity index (χ0) is 27.0. The molecule has 0 radical (unpaired) electrons. The van der Waals surface area contributed by atoms with Crippen molar-refractivity contribution in [1.82, 2.24) is 10.2 Å². The molecule has 4 rings (SSSR count). The number of hydrogen-bond acceptors (Lipinski definition) is 8. The molecule has 0 aromatic heterocycles. The molecule has 0 fully saturated rings. The van der Waals surface area contributed by atoms with E-state index in [0.29, 0.717) is 18.2 Å². The second-order valence-corrected chi connectivity index (χ2v) is 8.86. The Morgan fingerprint density at radius 3 is 2.24 bits per heavy atom. The smallest absolute Gasteiger partial charge is 0.210 e. The maximum atomic E-state index is 6.84. The van der Waals surface area contributed by atoms with Gasteiger partial charge in [-0.1, -0.05) is 44.2 Å². The summed E-state index contributed by atoms with van der Waals surface area (Å²) >= 11 is 0. The minimum absolute atomic E-state index is 0.628. The predicted molar refractivity (Wildman–Crippen MR) is 154 cm³/mol. The fourth-order valence-electron chi connectivity index (χ4n) is 4.36. The Labute approximate surface area is 225 Å². The van der Waals surface area contributed by atoms with E-state index in [1.165, 1.54) is 0 Å². The van der Waals surface area contributed by atoms with Gasteiger partial charge in [-0.3, -0.25) is 5.73 Å². The number of anilines is 1. The van der Waals surface area contributed by atoms with Gasteiger partial charge in [0.05, 0.1) is 19.9 Å². The number of benzene rings is 3. The molecule has 200 valence electrons. The van der Waals surface area contributed by atoms with Crippen molar-refractivity contribution < 1.29 is 14.2 Å². The van der Waals surface area contributed by atoms with Crippen molar-refractivity contribution >= 4 is 17.5 Å².